The summed E-state index contributed by atoms with van der Waals surface area (Å²) in [5.41, 5.74) is 3.80. The van der Waals surface area contributed by atoms with Crippen molar-refractivity contribution >= 4 is 11.3 Å². The molecule has 3 nitrogen and oxygen atoms in total. The van der Waals surface area contributed by atoms with Crippen LogP contribution in [0, 0.1) is 27.7 Å². The SMILES string of the molecule is Cc1cc(C)n(CCCNC(C)c2cc(C)sc2C)n1. The van der Waals surface area contributed by atoms with Gasteiger partial charge in [-0.25, -0.2) is 0 Å². The molecule has 4 heteroatoms. The summed E-state index contributed by atoms with van der Waals surface area (Å²) in [7, 11) is 0. The highest BCUT2D eigenvalue weighted by atomic mass is 32.1. The molecule has 0 aliphatic heterocycles. The van der Waals surface area contributed by atoms with E-state index in [1.807, 2.05) is 18.3 Å². The van der Waals surface area contributed by atoms with Gasteiger partial charge in [0.1, 0.15) is 0 Å². The van der Waals surface area contributed by atoms with Crippen molar-refractivity contribution in [3.63, 3.8) is 0 Å². The van der Waals surface area contributed by atoms with E-state index in [1.165, 1.54) is 21.0 Å². The minimum atomic E-state index is 0.431. The normalized spacial score (nSPS) is 12.8. The molecule has 2 rings (SSSR count). The van der Waals surface area contributed by atoms with Crippen molar-refractivity contribution in [2.24, 2.45) is 0 Å². The number of nitrogens with one attached hydrogen (secondary N) is 1. The third-order valence-electron chi connectivity index (χ3n) is 3.65. The average Bonchev–Trinajstić information content (AvgIpc) is 2.87. The van der Waals surface area contributed by atoms with E-state index in [2.05, 4.69) is 54.9 Å². The van der Waals surface area contributed by atoms with Crippen molar-refractivity contribution in [3.8, 4) is 0 Å². The maximum atomic E-state index is 4.49. The molecule has 0 spiro atoms. The van der Waals surface area contributed by atoms with Crippen molar-refractivity contribution in [1.29, 1.82) is 0 Å². The van der Waals surface area contributed by atoms with Gasteiger partial charge in [0.05, 0.1) is 5.69 Å². The van der Waals surface area contributed by atoms with Gasteiger partial charge in [0.2, 0.25) is 0 Å². The monoisotopic (exact) mass is 291 g/mol. The summed E-state index contributed by atoms with van der Waals surface area (Å²) >= 11 is 1.88. The molecule has 0 aromatic carbocycles. The molecule has 0 saturated heterocycles. The summed E-state index contributed by atoms with van der Waals surface area (Å²) < 4.78 is 2.10. The largest absolute Gasteiger partial charge is 0.310 e. The number of nitrogens with zero attached hydrogens (tertiary/aromatic N) is 2. The second kappa shape index (κ2) is 6.55. The Morgan fingerprint density at radius 2 is 2.00 bits per heavy atom. The third kappa shape index (κ3) is 3.70. The van der Waals surface area contributed by atoms with Crippen LogP contribution in [0.3, 0.4) is 0 Å². The lowest BCUT2D eigenvalue weighted by molar-refractivity contribution is 0.500. The van der Waals surface area contributed by atoms with E-state index in [0.717, 1.165) is 25.2 Å². The van der Waals surface area contributed by atoms with E-state index < -0.39 is 0 Å². The van der Waals surface area contributed by atoms with Gasteiger partial charge in [-0.1, -0.05) is 0 Å². The van der Waals surface area contributed by atoms with Crippen molar-refractivity contribution < 1.29 is 0 Å². The molecule has 0 aliphatic rings. The third-order valence-corrected chi connectivity index (χ3v) is 4.63. The number of aryl methyl sites for hydroxylation is 5. The fraction of sp³-hybridized carbons (Fsp3) is 0.562. The zero-order valence-electron chi connectivity index (χ0n) is 13.2. The molecule has 0 fully saturated rings. The Morgan fingerprint density at radius 3 is 2.55 bits per heavy atom. The van der Waals surface area contributed by atoms with Gasteiger partial charge < -0.3 is 5.32 Å². The molecule has 2 aromatic rings. The lowest BCUT2D eigenvalue weighted by Gasteiger charge is -2.14. The van der Waals surface area contributed by atoms with Crippen LogP contribution < -0.4 is 5.32 Å². The smallest absolute Gasteiger partial charge is 0.0596 e. The predicted molar refractivity (Wildman–Crippen MR) is 86.5 cm³/mol. The Kier molecular flexibility index (Phi) is 5.00. The molecular weight excluding hydrogens is 266 g/mol. The van der Waals surface area contributed by atoms with Gasteiger partial charge in [0.25, 0.3) is 0 Å². The summed E-state index contributed by atoms with van der Waals surface area (Å²) in [6, 6.07) is 4.87. The second-order valence-electron chi connectivity index (χ2n) is 5.55. The Hall–Kier alpha value is -1.13. The molecule has 1 unspecified atom stereocenters. The Morgan fingerprint density at radius 1 is 1.25 bits per heavy atom. The topological polar surface area (TPSA) is 29.9 Å². The van der Waals surface area contributed by atoms with Crippen LogP contribution in [0.25, 0.3) is 0 Å². The molecule has 0 saturated carbocycles. The number of aromatic nitrogens is 2. The van der Waals surface area contributed by atoms with Gasteiger partial charge in [-0.2, -0.15) is 5.10 Å². The highest BCUT2D eigenvalue weighted by Gasteiger charge is 2.10. The first-order valence-electron chi connectivity index (χ1n) is 7.28. The van der Waals surface area contributed by atoms with Crippen LogP contribution in [0.2, 0.25) is 0 Å². The molecule has 1 N–H and O–H groups in total. The highest BCUT2D eigenvalue weighted by molar-refractivity contribution is 7.12. The summed E-state index contributed by atoms with van der Waals surface area (Å²) in [6.07, 6.45) is 1.11. The summed E-state index contributed by atoms with van der Waals surface area (Å²) in [4.78, 5) is 2.83. The van der Waals surface area contributed by atoms with Crippen LogP contribution in [0.4, 0.5) is 0 Å². The van der Waals surface area contributed by atoms with Crippen molar-refractivity contribution in [2.45, 2.75) is 53.6 Å². The molecule has 110 valence electrons. The molecule has 0 radical (unpaired) electrons. The van der Waals surface area contributed by atoms with Gasteiger partial charge in [-0.3, -0.25) is 4.68 Å². The van der Waals surface area contributed by atoms with Crippen LogP contribution in [0.15, 0.2) is 12.1 Å². The quantitative estimate of drug-likeness (QED) is 0.818. The zero-order chi connectivity index (χ0) is 14.7. The Bertz CT molecular complexity index is 568. The van der Waals surface area contributed by atoms with E-state index in [9.17, 15) is 0 Å². The first-order valence-corrected chi connectivity index (χ1v) is 8.10. The molecule has 1 atom stereocenters. The average molecular weight is 291 g/mol. The Balaban J connectivity index is 1.78. The standard InChI is InChI=1S/C16H25N3S/c1-11-9-12(2)19(18-11)8-6-7-17-14(4)16-10-13(3)20-15(16)5/h9-10,14,17H,6-8H2,1-5H3. The van der Waals surface area contributed by atoms with Crippen LogP contribution >= 0.6 is 11.3 Å². The molecular formula is C16H25N3S. The maximum absolute atomic E-state index is 4.49. The fourth-order valence-electron chi connectivity index (χ4n) is 2.64. The van der Waals surface area contributed by atoms with Crippen molar-refractivity contribution in [2.75, 3.05) is 6.54 Å². The van der Waals surface area contributed by atoms with Crippen molar-refractivity contribution in [3.05, 3.63) is 38.8 Å². The molecule has 0 amide bonds. The molecule has 0 aliphatic carbocycles. The van der Waals surface area contributed by atoms with Gasteiger partial charge in [0, 0.05) is 28.0 Å². The minimum absolute atomic E-state index is 0.431. The molecule has 0 bridgehead atoms. The summed E-state index contributed by atoms with van der Waals surface area (Å²) in [5.74, 6) is 0. The lowest BCUT2D eigenvalue weighted by atomic mass is 10.1. The molecule has 20 heavy (non-hydrogen) atoms. The van der Waals surface area contributed by atoms with E-state index in [0.29, 0.717) is 6.04 Å². The minimum Gasteiger partial charge on any atom is -0.310 e. The highest BCUT2D eigenvalue weighted by Crippen LogP contribution is 2.25. The van der Waals surface area contributed by atoms with E-state index in [1.54, 1.807) is 0 Å². The van der Waals surface area contributed by atoms with Crippen LogP contribution in [0.5, 0.6) is 0 Å². The van der Waals surface area contributed by atoms with Gasteiger partial charge in [-0.15, -0.1) is 11.3 Å². The molecule has 2 aromatic heterocycles. The number of thiophene rings is 1. The molecule has 2 heterocycles. The van der Waals surface area contributed by atoms with E-state index in [4.69, 9.17) is 0 Å². The van der Waals surface area contributed by atoms with Gasteiger partial charge in [-0.05, 0) is 65.3 Å². The maximum Gasteiger partial charge on any atom is 0.0596 e. The van der Waals surface area contributed by atoms with Crippen molar-refractivity contribution in [1.82, 2.24) is 15.1 Å². The summed E-state index contributed by atoms with van der Waals surface area (Å²) in [6.45, 7) is 12.8. The van der Waals surface area contributed by atoms with Crippen LogP contribution in [-0.2, 0) is 6.54 Å². The van der Waals surface area contributed by atoms with E-state index >= 15 is 0 Å². The summed E-state index contributed by atoms with van der Waals surface area (Å²) in [5, 5.41) is 8.11. The van der Waals surface area contributed by atoms with Crippen LogP contribution in [0.1, 0.15) is 46.1 Å². The van der Waals surface area contributed by atoms with E-state index in [-0.39, 0.29) is 0 Å². The number of hydrogen-bond acceptors (Lipinski definition) is 3. The number of hydrogen-bond donors (Lipinski definition) is 1. The van der Waals surface area contributed by atoms with Crippen LogP contribution in [-0.4, -0.2) is 16.3 Å². The van der Waals surface area contributed by atoms with Gasteiger partial charge >= 0.3 is 0 Å². The lowest BCUT2D eigenvalue weighted by Crippen LogP contribution is -2.21. The predicted octanol–water partition coefficient (Wildman–Crippen LogP) is 3.92. The Labute approximate surface area is 126 Å². The fourth-order valence-corrected chi connectivity index (χ4v) is 3.66. The first-order chi connectivity index (χ1) is 9.47. The van der Waals surface area contributed by atoms with Gasteiger partial charge in [0.15, 0.2) is 0 Å². The number of rotatable bonds is 6. The second-order valence-corrected chi connectivity index (χ2v) is 7.01. The zero-order valence-corrected chi connectivity index (χ0v) is 14.0. The first kappa shape index (κ1) is 15.3.